The molecule has 6 nitrogen and oxygen atoms in total. The summed E-state index contributed by atoms with van der Waals surface area (Å²) in [5.41, 5.74) is 0. The molecule has 0 rings (SSSR count). The topological polar surface area (TPSA) is 63.2 Å². The molecule has 0 aromatic rings. The first-order valence-corrected chi connectivity index (χ1v) is 5.16. The zero-order valence-electron chi connectivity index (χ0n) is 8.02. The molecule has 0 fully saturated rings. The molecule has 80 valence electrons. The van der Waals surface area contributed by atoms with Crippen molar-refractivity contribution < 1.29 is 27.6 Å². The summed E-state index contributed by atoms with van der Waals surface area (Å²) in [7, 11) is -0.684. The van der Waals surface area contributed by atoms with Gasteiger partial charge in [-0.1, -0.05) is 0 Å². The van der Waals surface area contributed by atoms with Gasteiger partial charge in [0.15, 0.2) is 13.6 Å². The Kier molecular flexibility index (Phi) is 7.45. The fraction of sp³-hybridized carbons (Fsp3) is 1.00. The van der Waals surface area contributed by atoms with Gasteiger partial charge in [-0.2, -0.15) is 0 Å². The van der Waals surface area contributed by atoms with Gasteiger partial charge >= 0.3 is 7.82 Å². The van der Waals surface area contributed by atoms with Crippen LogP contribution in [0.3, 0.4) is 0 Å². The SMILES string of the molecule is CCOP(=O)(OCOC)OCOC. The Morgan fingerprint density at radius 1 is 1.00 bits per heavy atom. The average Bonchev–Trinajstić information content (AvgIpc) is 2.12. The number of phosphoric ester groups is 1. The Morgan fingerprint density at radius 2 is 1.46 bits per heavy atom. The van der Waals surface area contributed by atoms with Crippen molar-refractivity contribution in [3.05, 3.63) is 0 Å². The number of phosphoric acid groups is 1. The van der Waals surface area contributed by atoms with Crippen molar-refractivity contribution in [3.8, 4) is 0 Å². The first-order valence-electron chi connectivity index (χ1n) is 3.70. The molecular formula is C6H15O6P. The number of methoxy groups -OCH3 is 2. The van der Waals surface area contributed by atoms with Gasteiger partial charge in [-0.25, -0.2) is 4.57 Å². The highest BCUT2D eigenvalue weighted by Crippen LogP contribution is 2.48. The predicted octanol–water partition coefficient (Wildman–Crippen LogP) is 1.37. The van der Waals surface area contributed by atoms with Crippen LogP contribution in [0.1, 0.15) is 6.92 Å². The Balaban J connectivity index is 3.92. The van der Waals surface area contributed by atoms with E-state index in [0.29, 0.717) is 0 Å². The maximum atomic E-state index is 11.5. The predicted molar refractivity (Wildman–Crippen MR) is 45.2 cm³/mol. The smallest absolute Gasteiger partial charge is 0.358 e. The lowest BCUT2D eigenvalue weighted by Crippen LogP contribution is -2.04. The molecule has 0 spiro atoms. The van der Waals surface area contributed by atoms with Crippen LogP contribution in [-0.4, -0.2) is 34.4 Å². The highest BCUT2D eigenvalue weighted by Gasteiger charge is 2.25. The summed E-state index contributed by atoms with van der Waals surface area (Å²) in [5, 5.41) is 0. The third-order valence-electron chi connectivity index (χ3n) is 0.945. The largest absolute Gasteiger partial charge is 0.479 e. The third kappa shape index (κ3) is 6.15. The van der Waals surface area contributed by atoms with Gasteiger partial charge in [0.2, 0.25) is 0 Å². The zero-order valence-corrected chi connectivity index (χ0v) is 8.91. The second-order valence-corrected chi connectivity index (χ2v) is 3.61. The van der Waals surface area contributed by atoms with Gasteiger partial charge in [-0.3, -0.25) is 13.6 Å². The number of hydrogen-bond acceptors (Lipinski definition) is 6. The lowest BCUT2D eigenvalue weighted by Gasteiger charge is -2.15. The van der Waals surface area contributed by atoms with Gasteiger partial charge in [0.1, 0.15) is 0 Å². The number of ether oxygens (including phenoxy) is 2. The van der Waals surface area contributed by atoms with Gasteiger partial charge in [-0.05, 0) is 6.92 Å². The Hall–Kier alpha value is 0.0300. The van der Waals surface area contributed by atoms with E-state index in [2.05, 4.69) is 9.47 Å². The molecule has 0 aliphatic rings. The normalized spacial score (nSPS) is 11.9. The molecule has 0 saturated heterocycles. The molecule has 0 bridgehead atoms. The Labute approximate surface area is 77.7 Å². The van der Waals surface area contributed by atoms with E-state index in [9.17, 15) is 4.57 Å². The average molecular weight is 214 g/mol. The van der Waals surface area contributed by atoms with E-state index in [4.69, 9.17) is 13.6 Å². The van der Waals surface area contributed by atoms with E-state index in [1.54, 1.807) is 6.92 Å². The van der Waals surface area contributed by atoms with Gasteiger partial charge in [0.25, 0.3) is 0 Å². The minimum atomic E-state index is -3.50. The van der Waals surface area contributed by atoms with Crippen molar-refractivity contribution >= 4 is 7.82 Å². The van der Waals surface area contributed by atoms with Crippen LogP contribution in [0.4, 0.5) is 0 Å². The van der Waals surface area contributed by atoms with Crippen molar-refractivity contribution in [3.63, 3.8) is 0 Å². The van der Waals surface area contributed by atoms with E-state index >= 15 is 0 Å². The Morgan fingerprint density at radius 3 is 1.77 bits per heavy atom. The second kappa shape index (κ2) is 7.44. The molecule has 0 N–H and O–H groups in total. The van der Waals surface area contributed by atoms with Crippen LogP contribution in [-0.2, 0) is 27.6 Å². The highest BCUT2D eigenvalue weighted by atomic mass is 31.2. The van der Waals surface area contributed by atoms with E-state index in [1.165, 1.54) is 14.2 Å². The van der Waals surface area contributed by atoms with Crippen LogP contribution in [0.15, 0.2) is 0 Å². The zero-order chi connectivity index (χ0) is 10.2. The summed E-state index contributed by atoms with van der Waals surface area (Å²) in [5.74, 6) is 0. The summed E-state index contributed by atoms with van der Waals surface area (Å²) >= 11 is 0. The first-order chi connectivity index (χ1) is 6.18. The minimum Gasteiger partial charge on any atom is -0.358 e. The van der Waals surface area contributed by atoms with Crippen LogP contribution < -0.4 is 0 Å². The first kappa shape index (κ1) is 13.0. The molecule has 7 heteroatoms. The number of hydrogen-bond donors (Lipinski definition) is 0. The molecule has 0 saturated carbocycles. The molecule has 0 heterocycles. The maximum Gasteiger partial charge on any atom is 0.479 e. The van der Waals surface area contributed by atoms with Crippen LogP contribution in [0, 0.1) is 0 Å². The molecular weight excluding hydrogens is 199 g/mol. The van der Waals surface area contributed by atoms with E-state index in [1.807, 2.05) is 0 Å². The molecule has 0 aromatic heterocycles. The van der Waals surface area contributed by atoms with Crippen molar-refractivity contribution in [2.24, 2.45) is 0 Å². The van der Waals surface area contributed by atoms with E-state index < -0.39 is 7.82 Å². The fourth-order valence-corrected chi connectivity index (χ4v) is 1.51. The van der Waals surface area contributed by atoms with Gasteiger partial charge in [0, 0.05) is 14.2 Å². The molecule has 0 aromatic carbocycles. The monoisotopic (exact) mass is 214 g/mol. The molecule has 0 amide bonds. The molecule has 0 unspecified atom stereocenters. The summed E-state index contributed by atoms with van der Waals surface area (Å²) in [4.78, 5) is 0. The molecule has 0 aliphatic heterocycles. The van der Waals surface area contributed by atoms with Gasteiger partial charge in [0.05, 0.1) is 6.61 Å². The minimum absolute atomic E-state index is 0.152. The standard InChI is InChI=1S/C6H15O6P/c1-4-10-13(7,11-5-8-2)12-6-9-3/h4-6H2,1-3H3. The van der Waals surface area contributed by atoms with Crippen LogP contribution in [0.2, 0.25) is 0 Å². The Bertz CT molecular complexity index is 149. The quantitative estimate of drug-likeness (QED) is 0.449. The molecule has 0 aliphatic carbocycles. The van der Waals surface area contributed by atoms with E-state index in [0.717, 1.165) is 0 Å². The summed E-state index contributed by atoms with van der Waals surface area (Å²) in [6.07, 6.45) is 0. The highest BCUT2D eigenvalue weighted by molar-refractivity contribution is 7.48. The van der Waals surface area contributed by atoms with Crippen LogP contribution in [0.5, 0.6) is 0 Å². The third-order valence-corrected chi connectivity index (χ3v) is 2.36. The van der Waals surface area contributed by atoms with Gasteiger partial charge < -0.3 is 9.47 Å². The van der Waals surface area contributed by atoms with Crippen molar-refractivity contribution in [1.29, 1.82) is 0 Å². The van der Waals surface area contributed by atoms with Crippen LogP contribution in [0.25, 0.3) is 0 Å². The van der Waals surface area contributed by atoms with Gasteiger partial charge in [-0.15, -0.1) is 0 Å². The number of rotatable bonds is 8. The summed E-state index contributed by atoms with van der Waals surface area (Å²) in [6.45, 7) is 1.60. The van der Waals surface area contributed by atoms with Crippen molar-refractivity contribution in [2.75, 3.05) is 34.4 Å². The molecule has 13 heavy (non-hydrogen) atoms. The van der Waals surface area contributed by atoms with Crippen molar-refractivity contribution in [2.45, 2.75) is 6.92 Å². The van der Waals surface area contributed by atoms with Crippen molar-refractivity contribution in [1.82, 2.24) is 0 Å². The van der Waals surface area contributed by atoms with E-state index in [-0.39, 0.29) is 20.2 Å². The summed E-state index contributed by atoms with van der Waals surface area (Å²) < 4.78 is 34.9. The molecule has 0 atom stereocenters. The fourth-order valence-electron chi connectivity index (χ4n) is 0.504. The summed E-state index contributed by atoms with van der Waals surface area (Å²) in [6, 6.07) is 0. The molecule has 0 radical (unpaired) electrons. The lowest BCUT2D eigenvalue weighted by atomic mass is 10.9. The second-order valence-electron chi connectivity index (χ2n) is 1.94. The van der Waals surface area contributed by atoms with Crippen LogP contribution >= 0.6 is 7.82 Å². The lowest BCUT2D eigenvalue weighted by molar-refractivity contribution is -0.0232. The maximum absolute atomic E-state index is 11.5.